The van der Waals surface area contributed by atoms with Gasteiger partial charge in [0, 0.05) is 36.3 Å². The van der Waals surface area contributed by atoms with E-state index in [1.165, 1.54) is 5.56 Å². The Bertz CT molecular complexity index is 747. The Labute approximate surface area is 140 Å². The van der Waals surface area contributed by atoms with Gasteiger partial charge in [-0.3, -0.25) is 4.68 Å². The van der Waals surface area contributed by atoms with Crippen molar-refractivity contribution in [2.24, 2.45) is 7.05 Å². The van der Waals surface area contributed by atoms with Crippen LogP contribution >= 0.6 is 11.3 Å². The maximum absolute atomic E-state index is 4.68. The summed E-state index contributed by atoms with van der Waals surface area (Å²) in [6.45, 7) is 0.792. The first-order valence-corrected chi connectivity index (χ1v) is 8.41. The smallest absolute Gasteiger partial charge is 0.183 e. The van der Waals surface area contributed by atoms with Gasteiger partial charge in [-0.2, -0.15) is 5.10 Å². The highest BCUT2D eigenvalue weighted by atomic mass is 32.1. The maximum atomic E-state index is 4.68. The maximum Gasteiger partial charge on any atom is 0.183 e. The summed E-state index contributed by atoms with van der Waals surface area (Å²) in [4.78, 5) is 6.87. The van der Waals surface area contributed by atoms with Gasteiger partial charge in [-0.15, -0.1) is 11.3 Å². The summed E-state index contributed by atoms with van der Waals surface area (Å²) in [6.07, 6.45) is 3.98. The number of nitrogens with one attached hydrogen (secondary N) is 1. The van der Waals surface area contributed by atoms with Crippen LogP contribution in [0, 0.1) is 0 Å². The van der Waals surface area contributed by atoms with Crippen LogP contribution in [0.15, 0.2) is 48.1 Å². The molecule has 1 aromatic carbocycles. The number of hydrogen-bond acceptors (Lipinski definition) is 5. The highest BCUT2D eigenvalue weighted by Gasteiger charge is 2.16. The molecule has 0 radical (unpaired) electrons. The van der Waals surface area contributed by atoms with Crippen LogP contribution in [0.4, 0.5) is 5.13 Å². The Balaban J connectivity index is 1.68. The molecule has 1 atom stereocenters. The fourth-order valence-electron chi connectivity index (χ4n) is 2.49. The minimum Gasteiger partial charge on any atom is -0.360 e. The number of rotatable bonds is 6. The summed E-state index contributed by atoms with van der Waals surface area (Å²) < 4.78 is 1.84. The van der Waals surface area contributed by atoms with Crippen molar-refractivity contribution in [2.45, 2.75) is 6.04 Å². The molecule has 1 N–H and O–H groups in total. The minimum absolute atomic E-state index is 0.257. The number of benzene rings is 1. The Morgan fingerprint density at radius 2 is 2.04 bits per heavy atom. The van der Waals surface area contributed by atoms with Crippen LogP contribution < -0.4 is 5.32 Å². The summed E-state index contributed by atoms with van der Waals surface area (Å²) in [6, 6.07) is 10.5. The van der Waals surface area contributed by atoms with Gasteiger partial charge in [0.05, 0.1) is 17.9 Å². The Morgan fingerprint density at radius 1 is 1.26 bits per heavy atom. The predicted octanol–water partition coefficient (Wildman–Crippen LogP) is 3.26. The van der Waals surface area contributed by atoms with Crippen LogP contribution in [-0.4, -0.2) is 40.3 Å². The first kappa shape index (κ1) is 15.7. The van der Waals surface area contributed by atoms with E-state index in [0.29, 0.717) is 0 Å². The van der Waals surface area contributed by atoms with E-state index in [-0.39, 0.29) is 6.04 Å². The largest absolute Gasteiger partial charge is 0.360 e. The lowest BCUT2D eigenvalue weighted by atomic mass is 10.1. The van der Waals surface area contributed by atoms with Gasteiger partial charge < -0.3 is 10.2 Å². The minimum atomic E-state index is 0.257. The van der Waals surface area contributed by atoms with Gasteiger partial charge >= 0.3 is 0 Å². The summed E-state index contributed by atoms with van der Waals surface area (Å²) in [5.41, 5.74) is 3.36. The number of hydrogen-bond donors (Lipinski definition) is 1. The first-order chi connectivity index (χ1) is 11.1. The van der Waals surface area contributed by atoms with E-state index in [1.54, 1.807) is 11.3 Å². The summed E-state index contributed by atoms with van der Waals surface area (Å²) in [5.74, 6) is 0. The van der Waals surface area contributed by atoms with Crippen molar-refractivity contribution in [3.05, 3.63) is 53.7 Å². The standard InChI is InChI=1S/C17H21N5S/c1-21(2)16(14-9-19-22(3)11-14)10-18-17-20-15(12-23-17)13-7-5-4-6-8-13/h4-9,11-12,16H,10H2,1-3H3,(H,18,20). The molecule has 2 heterocycles. The van der Waals surface area contributed by atoms with E-state index in [1.807, 2.05) is 36.1 Å². The monoisotopic (exact) mass is 327 g/mol. The van der Waals surface area contributed by atoms with Gasteiger partial charge in [-0.05, 0) is 14.1 Å². The molecule has 0 saturated carbocycles. The second-order valence-corrected chi connectivity index (χ2v) is 6.57. The average molecular weight is 327 g/mol. The van der Waals surface area contributed by atoms with E-state index >= 15 is 0 Å². The second-order valence-electron chi connectivity index (χ2n) is 5.71. The number of anilines is 1. The van der Waals surface area contributed by atoms with Gasteiger partial charge in [0.25, 0.3) is 0 Å². The second kappa shape index (κ2) is 6.93. The van der Waals surface area contributed by atoms with Gasteiger partial charge in [0.15, 0.2) is 5.13 Å². The van der Waals surface area contributed by atoms with Crippen LogP contribution in [0.3, 0.4) is 0 Å². The lowest BCUT2D eigenvalue weighted by molar-refractivity contribution is 0.311. The topological polar surface area (TPSA) is 46.0 Å². The zero-order valence-corrected chi connectivity index (χ0v) is 14.4. The molecular weight excluding hydrogens is 306 g/mol. The molecule has 3 rings (SSSR count). The third-order valence-electron chi connectivity index (χ3n) is 3.75. The van der Waals surface area contributed by atoms with Gasteiger partial charge in [-0.25, -0.2) is 4.98 Å². The SMILES string of the molecule is CN(C)C(CNc1nc(-c2ccccc2)cs1)c1cnn(C)c1. The molecule has 0 amide bonds. The van der Waals surface area contributed by atoms with Crippen molar-refractivity contribution in [3.63, 3.8) is 0 Å². The van der Waals surface area contributed by atoms with Crippen molar-refractivity contribution in [3.8, 4) is 11.3 Å². The zero-order chi connectivity index (χ0) is 16.2. The van der Waals surface area contributed by atoms with Crippen molar-refractivity contribution >= 4 is 16.5 Å². The van der Waals surface area contributed by atoms with E-state index in [9.17, 15) is 0 Å². The lowest BCUT2D eigenvalue weighted by Gasteiger charge is -2.23. The average Bonchev–Trinajstić information content (AvgIpc) is 3.18. The van der Waals surface area contributed by atoms with Crippen LogP contribution in [0.2, 0.25) is 0 Å². The number of thiazole rings is 1. The number of likely N-dealkylation sites (N-methyl/N-ethyl adjacent to an activating group) is 1. The Morgan fingerprint density at radius 3 is 2.70 bits per heavy atom. The molecule has 0 spiro atoms. The predicted molar refractivity (Wildman–Crippen MR) is 95.7 cm³/mol. The molecule has 23 heavy (non-hydrogen) atoms. The Kier molecular flexibility index (Phi) is 4.73. The molecule has 0 fully saturated rings. The zero-order valence-electron chi connectivity index (χ0n) is 13.6. The molecule has 120 valence electrons. The molecule has 0 bridgehead atoms. The molecular formula is C17H21N5S. The fourth-order valence-corrected chi connectivity index (χ4v) is 3.22. The third kappa shape index (κ3) is 3.78. The Hall–Kier alpha value is -2.18. The molecule has 5 nitrogen and oxygen atoms in total. The molecule has 0 aliphatic heterocycles. The first-order valence-electron chi connectivity index (χ1n) is 7.53. The lowest BCUT2D eigenvalue weighted by Crippen LogP contribution is -2.26. The normalized spacial score (nSPS) is 12.5. The van der Waals surface area contributed by atoms with E-state index in [2.05, 4.69) is 58.1 Å². The summed E-state index contributed by atoms with van der Waals surface area (Å²) in [7, 11) is 6.10. The van der Waals surface area contributed by atoms with Crippen LogP contribution in [0.1, 0.15) is 11.6 Å². The highest BCUT2D eigenvalue weighted by Crippen LogP contribution is 2.26. The van der Waals surface area contributed by atoms with Gasteiger partial charge in [0.2, 0.25) is 0 Å². The van der Waals surface area contributed by atoms with Crippen molar-refractivity contribution in [1.82, 2.24) is 19.7 Å². The molecule has 2 aromatic heterocycles. The molecule has 6 heteroatoms. The van der Waals surface area contributed by atoms with Gasteiger partial charge in [0.1, 0.15) is 0 Å². The molecule has 0 aliphatic rings. The molecule has 1 unspecified atom stereocenters. The fraction of sp³-hybridized carbons (Fsp3) is 0.294. The third-order valence-corrected chi connectivity index (χ3v) is 4.55. The van der Waals surface area contributed by atoms with Crippen molar-refractivity contribution < 1.29 is 0 Å². The van der Waals surface area contributed by atoms with E-state index in [0.717, 1.165) is 22.9 Å². The molecule has 3 aromatic rings. The van der Waals surface area contributed by atoms with E-state index in [4.69, 9.17) is 0 Å². The van der Waals surface area contributed by atoms with Crippen LogP contribution in [0.5, 0.6) is 0 Å². The quantitative estimate of drug-likeness (QED) is 0.755. The van der Waals surface area contributed by atoms with Crippen molar-refractivity contribution in [1.29, 1.82) is 0 Å². The van der Waals surface area contributed by atoms with Gasteiger partial charge in [-0.1, -0.05) is 30.3 Å². The molecule has 0 aliphatic carbocycles. The number of nitrogens with zero attached hydrogens (tertiary/aromatic N) is 4. The van der Waals surface area contributed by atoms with Crippen LogP contribution in [-0.2, 0) is 7.05 Å². The highest BCUT2D eigenvalue weighted by molar-refractivity contribution is 7.14. The number of aryl methyl sites for hydroxylation is 1. The summed E-state index contributed by atoms with van der Waals surface area (Å²) in [5, 5.41) is 10.8. The number of aromatic nitrogens is 3. The van der Waals surface area contributed by atoms with Crippen molar-refractivity contribution in [2.75, 3.05) is 26.0 Å². The van der Waals surface area contributed by atoms with Crippen LogP contribution in [0.25, 0.3) is 11.3 Å². The molecule has 0 saturated heterocycles. The summed E-state index contributed by atoms with van der Waals surface area (Å²) >= 11 is 1.64. The van der Waals surface area contributed by atoms with E-state index < -0.39 is 0 Å².